The summed E-state index contributed by atoms with van der Waals surface area (Å²) in [6.45, 7) is 1.23. The maximum absolute atomic E-state index is 12.1. The van der Waals surface area contributed by atoms with Crippen molar-refractivity contribution in [3.63, 3.8) is 0 Å². The first-order chi connectivity index (χ1) is 11.7. The van der Waals surface area contributed by atoms with E-state index in [-0.39, 0.29) is 17.6 Å². The highest BCUT2D eigenvalue weighted by molar-refractivity contribution is 5.67. The molecule has 1 amide bonds. The lowest BCUT2D eigenvalue weighted by molar-refractivity contribution is 0.110. The monoisotopic (exact) mass is 330 g/mol. The Balaban J connectivity index is 1.67. The molecule has 2 aromatic rings. The normalized spacial score (nSPS) is 15.5. The van der Waals surface area contributed by atoms with Gasteiger partial charge >= 0.3 is 6.09 Å². The number of aromatic nitrogens is 1. The van der Waals surface area contributed by atoms with Crippen molar-refractivity contribution < 1.29 is 14.1 Å². The number of aryl methyl sites for hydroxylation is 1. The number of carbonyl (C=O) groups is 1. The van der Waals surface area contributed by atoms with Crippen molar-refractivity contribution in [3.05, 3.63) is 57.6 Å². The van der Waals surface area contributed by atoms with E-state index < -0.39 is 0 Å². The average molecular weight is 330 g/mol. The first-order valence-corrected chi connectivity index (χ1v) is 8.26. The number of hydrogen-bond acceptors (Lipinski definition) is 4. The molecule has 1 N–H and O–H groups in total. The van der Waals surface area contributed by atoms with Gasteiger partial charge in [0.25, 0.3) is 5.56 Å². The van der Waals surface area contributed by atoms with Gasteiger partial charge in [-0.05, 0) is 31.2 Å². The number of hydrogen-bond donors (Lipinski definition) is 1. The van der Waals surface area contributed by atoms with Crippen LogP contribution in [0.4, 0.5) is 4.79 Å². The third-order valence-electron chi connectivity index (χ3n) is 4.63. The second-order valence-corrected chi connectivity index (χ2v) is 6.09. The van der Waals surface area contributed by atoms with Crippen LogP contribution in [0.2, 0.25) is 0 Å². The number of nitrogens with zero attached hydrogens (tertiary/aromatic N) is 1. The van der Waals surface area contributed by atoms with Crippen LogP contribution in [0.1, 0.15) is 35.6 Å². The van der Waals surface area contributed by atoms with Gasteiger partial charge in [0, 0.05) is 19.0 Å². The first-order valence-electron chi connectivity index (χ1n) is 8.26. The largest absolute Gasteiger partial charge is 0.453 e. The van der Waals surface area contributed by atoms with Crippen LogP contribution in [-0.2, 0) is 17.6 Å². The Kier molecular flexibility index (Phi) is 5.03. The van der Waals surface area contributed by atoms with Gasteiger partial charge in [0.2, 0.25) is 0 Å². The molecular formula is C18H22N2O4. The number of nitrogens with one attached hydrogen (secondary N) is 1. The predicted molar refractivity (Wildman–Crippen MR) is 89.1 cm³/mol. The lowest BCUT2D eigenvalue weighted by Gasteiger charge is -2.30. The van der Waals surface area contributed by atoms with Gasteiger partial charge in [0.15, 0.2) is 0 Å². The van der Waals surface area contributed by atoms with Gasteiger partial charge in [-0.2, -0.15) is 5.16 Å². The summed E-state index contributed by atoms with van der Waals surface area (Å²) in [4.78, 5) is 25.3. The summed E-state index contributed by atoms with van der Waals surface area (Å²) in [6, 6.07) is 10.1. The number of likely N-dealkylation sites (tertiary alicyclic amines) is 1. The van der Waals surface area contributed by atoms with E-state index in [9.17, 15) is 9.59 Å². The fraction of sp³-hybridized carbons (Fsp3) is 0.444. The van der Waals surface area contributed by atoms with Crippen molar-refractivity contribution in [2.24, 2.45) is 0 Å². The van der Waals surface area contributed by atoms with Crippen LogP contribution in [0.5, 0.6) is 0 Å². The summed E-state index contributed by atoms with van der Waals surface area (Å²) in [7, 11) is 1.39. The summed E-state index contributed by atoms with van der Waals surface area (Å²) < 4.78 is 10.2. The topological polar surface area (TPSA) is 75.5 Å². The van der Waals surface area contributed by atoms with E-state index in [1.54, 1.807) is 4.90 Å². The lowest BCUT2D eigenvalue weighted by Crippen LogP contribution is -2.37. The molecule has 0 atom stereocenters. The second-order valence-electron chi connectivity index (χ2n) is 6.09. The number of aromatic amines is 1. The Morgan fingerprint density at radius 1 is 1.25 bits per heavy atom. The van der Waals surface area contributed by atoms with E-state index >= 15 is 0 Å². The Hall–Kier alpha value is -2.50. The molecule has 1 aliphatic heterocycles. The summed E-state index contributed by atoms with van der Waals surface area (Å²) in [5.74, 6) is 0.913. The highest BCUT2D eigenvalue weighted by Gasteiger charge is 2.29. The molecule has 0 bridgehead atoms. The van der Waals surface area contributed by atoms with Gasteiger partial charge < -0.3 is 14.2 Å². The lowest BCUT2D eigenvalue weighted by atomic mass is 9.90. The molecule has 3 rings (SSSR count). The standard InChI is InChI=1S/C18H22N2O4/c1-23-18(22)20-11-9-14(10-12-20)16-15(17(21)19-24-16)8-7-13-5-3-2-4-6-13/h2-6,14H,7-12H2,1H3,(H,19,21). The fourth-order valence-corrected chi connectivity index (χ4v) is 3.27. The second kappa shape index (κ2) is 7.38. The number of piperidine rings is 1. The molecule has 1 fully saturated rings. The summed E-state index contributed by atoms with van der Waals surface area (Å²) in [6.07, 6.45) is 2.70. The molecule has 24 heavy (non-hydrogen) atoms. The predicted octanol–water partition coefficient (Wildman–Crippen LogP) is 2.70. The molecule has 1 aromatic heterocycles. The number of H-pyrrole nitrogens is 1. The zero-order valence-corrected chi connectivity index (χ0v) is 13.8. The minimum absolute atomic E-state index is 0.142. The van der Waals surface area contributed by atoms with Crippen molar-refractivity contribution in [3.8, 4) is 0 Å². The molecule has 2 heterocycles. The van der Waals surface area contributed by atoms with Gasteiger partial charge in [-0.25, -0.2) is 4.79 Å². The third-order valence-corrected chi connectivity index (χ3v) is 4.63. The number of methoxy groups -OCH3 is 1. The average Bonchev–Trinajstić information content (AvgIpc) is 3.01. The molecule has 0 aliphatic carbocycles. The molecule has 1 aliphatic rings. The molecule has 1 saturated heterocycles. The Morgan fingerprint density at radius 3 is 2.62 bits per heavy atom. The molecular weight excluding hydrogens is 308 g/mol. The number of ether oxygens (including phenoxy) is 1. The van der Waals surface area contributed by atoms with Gasteiger partial charge in [0.1, 0.15) is 5.76 Å². The highest BCUT2D eigenvalue weighted by Crippen LogP contribution is 2.30. The van der Waals surface area contributed by atoms with E-state index in [2.05, 4.69) is 17.3 Å². The smallest absolute Gasteiger partial charge is 0.409 e. The van der Waals surface area contributed by atoms with Crippen LogP contribution < -0.4 is 5.56 Å². The van der Waals surface area contributed by atoms with E-state index in [4.69, 9.17) is 9.26 Å². The van der Waals surface area contributed by atoms with Crippen LogP contribution in [0.25, 0.3) is 0 Å². The summed E-state index contributed by atoms with van der Waals surface area (Å²) >= 11 is 0. The maximum Gasteiger partial charge on any atom is 0.409 e. The number of benzene rings is 1. The quantitative estimate of drug-likeness (QED) is 0.935. The zero-order chi connectivity index (χ0) is 16.9. The van der Waals surface area contributed by atoms with Crippen LogP contribution >= 0.6 is 0 Å². The Bertz CT molecular complexity index is 727. The SMILES string of the molecule is COC(=O)N1CCC(c2o[nH]c(=O)c2CCc2ccccc2)CC1. The van der Waals surface area contributed by atoms with E-state index in [1.807, 2.05) is 18.2 Å². The number of carbonyl (C=O) groups excluding carboxylic acids is 1. The Labute approximate surface area is 140 Å². The summed E-state index contributed by atoms with van der Waals surface area (Å²) in [5.41, 5.74) is 1.79. The zero-order valence-electron chi connectivity index (χ0n) is 13.8. The van der Waals surface area contributed by atoms with Crippen LogP contribution in [0, 0.1) is 0 Å². The summed E-state index contributed by atoms with van der Waals surface area (Å²) in [5, 5.41) is 2.48. The van der Waals surface area contributed by atoms with Crippen LogP contribution in [-0.4, -0.2) is 36.3 Å². The molecule has 6 heteroatoms. The Morgan fingerprint density at radius 2 is 1.96 bits per heavy atom. The third kappa shape index (κ3) is 3.53. The fourth-order valence-electron chi connectivity index (χ4n) is 3.27. The molecule has 0 unspecified atom stereocenters. The minimum atomic E-state index is -0.298. The van der Waals surface area contributed by atoms with Crippen molar-refractivity contribution in [2.75, 3.05) is 20.2 Å². The van der Waals surface area contributed by atoms with Crippen LogP contribution in [0.15, 0.2) is 39.6 Å². The van der Waals surface area contributed by atoms with Gasteiger partial charge in [-0.3, -0.25) is 4.79 Å². The minimum Gasteiger partial charge on any atom is -0.453 e. The highest BCUT2D eigenvalue weighted by atomic mass is 16.5. The first kappa shape index (κ1) is 16.4. The molecule has 1 aromatic carbocycles. The molecule has 0 spiro atoms. The van der Waals surface area contributed by atoms with Crippen molar-refractivity contribution in [1.82, 2.24) is 10.1 Å². The van der Waals surface area contributed by atoms with Gasteiger partial charge in [-0.15, -0.1) is 0 Å². The number of rotatable bonds is 4. The van der Waals surface area contributed by atoms with E-state index in [1.165, 1.54) is 12.7 Å². The molecule has 0 radical (unpaired) electrons. The van der Waals surface area contributed by atoms with E-state index in [0.29, 0.717) is 19.5 Å². The van der Waals surface area contributed by atoms with Crippen molar-refractivity contribution in [2.45, 2.75) is 31.6 Å². The maximum atomic E-state index is 12.1. The van der Waals surface area contributed by atoms with Gasteiger partial charge in [0.05, 0.1) is 12.7 Å². The number of amides is 1. The van der Waals surface area contributed by atoms with Crippen molar-refractivity contribution in [1.29, 1.82) is 0 Å². The molecule has 128 valence electrons. The molecule has 0 saturated carbocycles. The van der Waals surface area contributed by atoms with Crippen LogP contribution in [0.3, 0.4) is 0 Å². The van der Waals surface area contributed by atoms with Crippen molar-refractivity contribution >= 4 is 6.09 Å². The van der Waals surface area contributed by atoms with E-state index in [0.717, 1.165) is 30.6 Å². The molecule has 6 nitrogen and oxygen atoms in total. The van der Waals surface area contributed by atoms with Gasteiger partial charge in [-0.1, -0.05) is 30.3 Å².